The molecule has 2 aromatic heterocycles. The molecule has 0 saturated heterocycles. The minimum atomic E-state index is 0.604. The zero-order valence-corrected chi connectivity index (χ0v) is 9.92. The average molecular weight is 233 g/mol. The van der Waals surface area contributed by atoms with E-state index in [1.807, 2.05) is 23.7 Å². The molecule has 0 amide bonds. The van der Waals surface area contributed by atoms with E-state index < -0.39 is 0 Å². The number of anilines is 1. The normalized spacial score (nSPS) is 10.2. The van der Waals surface area contributed by atoms with Gasteiger partial charge in [0.05, 0.1) is 25.5 Å². The third kappa shape index (κ3) is 2.72. The lowest BCUT2D eigenvalue weighted by Gasteiger charge is -2.06. The van der Waals surface area contributed by atoms with Gasteiger partial charge < -0.3 is 10.1 Å². The van der Waals surface area contributed by atoms with Crippen molar-refractivity contribution >= 4 is 5.69 Å². The van der Waals surface area contributed by atoms with Crippen LogP contribution in [0, 0.1) is 0 Å². The second kappa shape index (κ2) is 5.29. The number of hydrogen-bond donors (Lipinski definition) is 1. The second-order valence-electron chi connectivity index (χ2n) is 3.43. The molecule has 2 aromatic rings. The van der Waals surface area contributed by atoms with Crippen LogP contribution in [0.3, 0.4) is 0 Å². The fourth-order valence-electron chi connectivity index (χ4n) is 1.48. The first-order valence-corrected chi connectivity index (χ1v) is 5.44. The molecule has 0 saturated carbocycles. The smallest absolute Gasteiger partial charge is 0.213 e. The predicted octanol–water partition coefficient (Wildman–Crippen LogP) is 1.31. The van der Waals surface area contributed by atoms with E-state index in [-0.39, 0.29) is 0 Å². The molecular weight excluding hydrogens is 218 g/mol. The number of nitrogens with zero attached hydrogens (tertiary/aromatic N) is 4. The number of nitrogens with one attached hydrogen (secondary N) is 1. The van der Waals surface area contributed by atoms with Crippen LogP contribution in [0.15, 0.2) is 24.7 Å². The molecule has 0 bridgehead atoms. The molecule has 0 aliphatic carbocycles. The summed E-state index contributed by atoms with van der Waals surface area (Å²) in [6.45, 7) is 3.48. The molecule has 0 aliphatic heterocycles. The Kier molecular flexibility index (Phi) is 3.54. The summed E-state index contributed by atoms with van der Waals surface area (Å²) in [5, 5.41) is 7.34. The van der Waals surface area contributed by atoms with Crippen molar-refractivity contribution in [3.05, 3.63) is 30.5 Å². The van der Waals surface area contributed by atoms with Crippen LogP contribution >= 0.6 is 0 Å². The van der Waals surface area contributed by atoms with Crippen LogP contribution in [-0.4, -0.2) is 26.9 Å². The second-order valence-corrected chi connectivity index (χ2v) is 3.43. The molecule has 0 unspecified atom stereocenters. The highest BCUT2D eigenvalue weighted by molar-refractivity contribution is 5.41. The standard InChI is InChI=1S/C11H15N5O/c1-3-16-10(14-8-15-16)7-12-9-4-5-11(17-2)13-6-9/h4-6,8,12H,3,7H2,1-2H3. The molecule has 1 N–H and O–H groups in total. The number of aryl methyl sites for hydroxylation is 1. The van der Waals surface area contributed by atoms with Crippen molar-refractivity contribution in [2.24, 2.45) is 0 Å². The lowest BCUT2D eigenvalue weighted by atomic mass is 10.4. The van der Waals surface area contributed by atoms with E-state index in [0.29, 0.717) is 12.4 Å². The van der Waals surface area contributed by atoms with Gasteiger partial charge >= 0.3 is 0 Å². The highest BCUT2D eigenvalue weighted by atomic mass is 16.5. The molecular formula is C11H15N5O. The molecule has 0 aliphatic rings. The van der Waals surface area contributed by atoms with E-state index in [1.54, 1.807) is 19.6 Å². The Hall–Kier alpha value is -2.11. The van der Waals surface area contributed by atoms with Crippen LogP contribution in [-0.2, 0) is 13.1 Å². The fourth-order valence-corrected chi connectivity index (χ4v) is 1.48. The summed E-state index contributed by atoms with van der Waals surface area (Å²) in [6.07, 6.45) is 3.29. The van der Waals surface area contributed by atoms with E-state index in [0.717, 1.165) is 18.1 Å². The fraction of sp³-hybridized carbons (Fsp3) is 0.364. The molecule has 0 aromatic carbocycles. The van der Waals surface area contributed by atoms with E-state index in [2.05, 4.69) is 20.4 Å². The summed E-state index contributed by atoms with van der Waals surface area (Å²) >= 11 is 0. The minimum absolute atomic E-state index is 0.604. The highest BCUT2D eigenvalue weighted by Gasteiger charge is 2.02. The van der Waals surface area contributed by atoms with Gasteiger partial charge in [0.25, 0.3) is 0 Å². The van der Waals surface area contributed by atoms with Crippen molar-refractivity contribution in [1.29, 1.82) is 0 Å². The summed E-state index contributed by atoms with van der Waals surface area (Å²) in [4.78, 5) is 8.29. The molecule has 0 radical (unpaired) electrons. The zero-order valence-electron chi connectivity index (χ0n) is 9.92. The molecule has 0 atom stereocenters. The molecule has 17 heavy (non-hydrogen) atoms. The van der Waals surface area contributed by atoms with Crippen molar-refractivity contribution in [3.63, 3.8) is 0 Å². The van der Waals surface area contributed by atoms with E-state index in [1.165, 1.54) is 0 Å². The van der Waals surface area contributed by atoms with E-state index in [9.17, 15) is 0 Å². The van der Waals surface area contributed by atoms with Crippen LogP contribution in [0.2, 0.25) is 0 Å². The van der Waals surface area contributed by atoms with Crippen LogP contribution in [0.25, 0.3) is 0 Å². The number of pyridine rings is 1. The first kappa shape index (κ1) is 11.4. The topological polar surface area (TPSA) is 64.9 Å². The third-order valence-electron chi connectivity index (χ3n) is 2.39. The van der Waals surface area contributed by atoms with Gasteiger partial charge in [0.15, 0.2) is 0 Å². The predicted molar refractivity (Wildman–Crippen MR) is 63.8 cm³/mol. The van der Waals surface area contributed by atoms with Crippen molar-refractivity contribution in [1.82, 2.24) is 19.7 Å². The first-order valence-electron chi connectivity index (χ1n) is 5.44. The Morgan fingerprint density at radius 3 is 2.88 bits per heavy atom. The maximum absolute atomic E-state index is 4.99. The summed E-state index contributed by atoms with van der Waals surface area (Å²) in [5.74, 6) is 1.51. The molecule has 6 heteroatoms. The van der Waals surface area contributed by atoms with Crippen molar-refractivity contribution in [2.75, 3.05) is 12.4 Å². The number of aromatic nitrogens is 4. The number of rotatable bonds is 5. The van der Waals surface area contributed by atoms with Gasteiger partial charge in [0, 0.05) is 12.6 Å². The van der Waals surface area contributed by atoms with Crippen LogP contribution < -0.4 is 10.1 Å². The quantitative estimate of drug-likeness (QED) is 0.843. The SMILES string of the molecule is CCn1ncnc1CNc1ccc(OC)nc1. The van der Waals surface area contributed by atoms with E-state index >= 15 is 0 Å². The molecule has 0 spiro atoms. The Morgan fingerprint density at radius 2 is 2.24 bits per heavy atom. The molecule has 6 nitrogen and oxygen atoms in total. The maximum Gasteiger partial charge on any atom is 0.213 e. The maximum atomic E-state index is 4.99. The van der Waals surface area contributed by atoms with Crippen molar-refractivity contribution < 1.29 is 4.74 Å². The lowest BCUT2D eigenvalue weighted by molar-refractivity contribution is 0.398. The van der Waals surface area contributed by atoms with Gasteiger partial charge in [-0.15, -0.1) is 0 Å². The van der Waals surface area contributed by atoms with Crippen LogP contribution in [0.5, 0.6) is 5.88 Å². The summed E-state index contributed by atoms with van der Waals surface area (Å²) in [6, 6.07) is 3.73. The van der Waals surface area contributed by atoms with Gasteiger partial charge in [-0.3, -0.25) is 0 Å². The average Bonchev–Trinajstić information content (AvgIpc) is 2.84. The monoisotopic (exact) mass is 233 g/mol. The van der Waals surface area contributed by atoms with Crippen molar-refractivity contribution in [3.8, 4) is 5.88 Å². The third-order valence-corrected chi connectivity index (χ3v) is 2.39. The van der Waals surface area contributed by atoms with Gasteiger partial charge in [-0.05, 0) is 13.0 Å². The first-order chi connectivity index (χ1) is 8.33. The number of ether oxygens (including phenoxy) is 1. The van der Waals surface area contributed by atoms with Gasteiger partial charge in [0.2, 0.25) is 5.88 Å². The molecule has 0 fully saturated rings. The van der Waals surface area contributed by atoms with Crippen molar-refractivity contribution in [2.45, 2.75) is 20.0 Å². The minimum Gasteiger partial charge on any atom is -0.481 e. The molecule has 2 rings (SSSR count). The lowest BCUT2D eigenvalue weighted by Crippen LogP contribution is -2.09. The zero-order chi connectivity index (χ0) is 12.1. The van der Waals surface area contributed by atoms with Gasteiger partial charge in [-0.1, -0.05) is 0 Å². The van der Waals surface area contributed by atoms with E-state index in [4.69, 9.17) is 4.74 Å². The Balaban J connectivity index is 1.97. The van der Waals surface area contributed by atoms with Crippen LogP contribution in [0.1, 0.15) is 12.7 Å². The largest absolute Gasteiger partial charge is 0.481 e. The number of methoxy groups -OCH3 is 1. The van der Waals surface area contributed by atoms with Crippen LogP contribution in [0.4, 0.5) is 5.69 Å². The molecule has 2 heterocycles. The summed E-state index contributed by atoms with van der Waals surface area (Å²) < 4.78 is 6.84. The Morgan fingerprint density at radius 1 is 1.35 bits per heavy atom. The summed E-state index contributed by atoms with van der Waals surface area (Å²) in [5.41, 5.74) is 0.927. The van der Waals surface area contributed by atoms with Gasteiger partial charge in [0.1, 0.15) is 12.2 Å². The highest BCUT2D eigenvalue weighted by Crippen LogP contribution is 2.11. The Bertz CT molecular complexity index is 465. The number of hydrogen-bond acceptors (Lipinski definition) is 5. The van der Waals surface area contributed by atoms with Gasteiger partial charge in [-0.2, -0.15) is 5.10 Å². The van der Waals surface area contributed by atoms with Gasteiger partial charge in [-0.25, -0.2) is 14.6 Å². The Labute approximate surface area is 99.7 Å². The molecule has 90 valence electrons. The summed E-state index contributed by atoms with van der Waals surface area (Å²) in [7, 11) is 1.60.